The summed E-state index contributed by atoms with van der Waals surface area (Å²) in [7, 11) is 0. The third-order valence-corrected chi connectivity index (χ3v) is 5.79. The van der Waals surface area contributed by atoms with Crippen molar-refractivity contribution in [1.29, 1.82) is 0 Å². The first-order valence-electron chi connectivity index (χ1n) is 10.6. The van der Waals surface area contributed by atoms with Gasteiger partial charge in [0.25, 0.3) is 0 Å². The molecule has 6 heteroatoms. The second-order valence-corrected chi connectivity index (χ2v) is 8.41. The number of carbonyl (C=O) groups is 1. The van der Waals surface area contributed by atoms with Gasteiger partial charge in [-0.15, -0.1) is 0 Å². The first-order chi connectivity index (χ1) is 13.9. The lowest BCUT2D eigenvalue weighted by Gasteiger charge is -2.57. The van der Waals surface area contributed by atoms with Crippen molar-refractivity contribution in [3.8, 4) is 11.8 Å². The molecule has 0 bridgehead atoms. The Morgan fingerprint density at radius 1 is 1.21 bits per heavy atom. The molecule has 4 atom stereocenters. The quantitative estimate of drug-likeness (QED) is 0.677. The first kappa shape index (κ1) is 21.6. The molecule has 1 aromatic carbocycles. The monoisotopic (exact) mass is 399 g/mol. The third kappa shape index (κ3) is 5.11. The molecule has 29 heavy (non-hydrogen) atoms. The highest BCUT2D eigenvalue weighted by molar-refractivity contribution is 5.74. The minimum Gasteiger partial charge on any atom is -0.395 e. The Morgan fingerprint density at radius 2 is 1.90 bits per heavy atom. The minimum atomic E-state index is -0.647. The molecule has 0 unspecified atom stereocenters. The zero-order chi connectivity index (χ0) is 21.0. The molecule has 3 rings (SSSR count). The summed E-state index contributed by atoms with van der Waals surface area (Å²) in [5, 5.41) is 22.4. The predicted molar refractivity (Wildman–Crippen MR) is 114 cm³/mol. The number of carbonyl (C=O) groups excluding carboxylic acids is 1. The fourth-order valence-electron chi connectivity index (χ4n) is 4.44. The number of aliphatic hydroxyl groups is 2. The van der Waals surface area contributed by atoms with E-state index in [1.165, 1.54) is 0 Å². The van der Waals surface area contributed by atoms with Gasteiger partial charge in [0, 0.05) is 42.7 Å². The summed E-state index contributed by atoms with van der Waals surface area (Å²) in [4.78, 5) is 16.9. The van der Waals surface area contributed by atoms with Gasteiger partial charge in [0.15, 0.2) is 0 Å². The van der Waals surface area contributed by atoms with Crippen LogP contribution in [0.2, 0.25) is 0 Å². The van der Waals surface area contributed by atoms with E-state index in [9.17, 15) is 15.0 Å². The molecule has 0 saturated carbocycles. The summed E-state index contributed by atoms with van der Waals surface area (Å²) in [5.41, 5.74) is 2.03. The number of hydrogen-bond donors (Lipinski definition) is 3. The Balaban J connectivity index is 1.78. The van der Waals surface area contributed by atoms with Gasteiger partial charge in [-0.3, -0.25) is 4.90 Å². The number of nitrogens with one attached hydrogen (secondary N) is 1. The summed E-state index contributed by atoms with van der Waals surface area (Å²) >= 11 is 0. The summed E-state index contributed by atoms with van der Waals surface area (Å²) in [5.74, 6) is 5.91. The molecule has 3 N–H and O–H groups in total. The number of rotatable bonds is 3. The molecule has 2 fully saturated rings. The van der Waals surface area contributed by atoms with Crippen molar-refractivity contribution < 1.29 is 15.0 Å². The van der Waals surface area contributed by atoms with Crippen molar-refractivity contribution >= 4 is 6.03 Å². The highest BCUT2D eigenvalue weighted by Gasteiger charge is 2.49. The third-order valence-electron chi connectivity index (χ3n) is 5.79. The molecular formula is C23H33N3O3. The number of nitrogens with zero attached hydrogens (tertiary/aromatic N) is 2. The molecule has 0 aromatic heterocycles. The summed E-state index contributed by atoms with van der Waals surface area (Å²) in [6, 6.07) is 8.46. The average molecular weight is 400 g/mol. The van der Waals surface area contributed by atoms with E-state index in [0.29, 0.717) is 6.54 Å². The van der Waals surface area contributed by atoms with Crippen LogP contribution in [-0.2, 0) is 0 Å². The molecular weight excluding hydrogens is 366 g/mol. The van der Waals surface area contributed by atoms with Crippen molar-refractivity contribution in [3.63, 3.8) is 0 Å². The number of amides is 2. The first-order valence-corrected chi connectivity index (χ1v) is 10.6. The predicted octanol–water partition coefficient (Wildman–Crippen LogP) is 1.76. The van der Waals surface area contributed by atoms with E-state index in [1.807, 2.05) is 30.9 Å². The van der Waals surface area contributed by atoms with E-state index in [2.05, 4.69) is 34.2 Å². The number of aliphatic hydroxyl groups excluding tert-OH is 2. The Hall–Kier alpha value is -2.07. The van der Waals surface area contributed by atoms with Crippen LogP contribution in [0.15, 0.2) is 24.3 Å². The molecule has 1 aromatic rings. The van der Waals surface area contributed by atoms with Gasteiger partial charge >= 0.3 is 6.03 Å². The van der Waals surface area contributed by atoms with Crippen LogP contribution in [0.5, 0.6) is 0 Å². The molecule has 2 saturated heterocycles. The van der Waals surface area contributed by atoms with Gasteiger partial charge in [-0.1, -0.05) is 24.0 Å². The molecule has 0 radical (unpaired) electrons. The molecule has 2 aliphatic heterocycles. The van der Waals surface area contributed by atoms with Crippen LogP contribution < -0.4 is 5.32 Å². The fourth-order valence-corrected chi connectivity index (χ4v) is 4.44. The maximum absolute atomic E-state index is 12.6. The molecule has 6 nitrogen and oxygen atoms in total. The van der Waals surface area contributed by atoms with Crippen molar-refractivity contribution in [2.45, 2.75) is 63.8 Å². The van der Waals surface area contributed by atoms with E-state index in [1.54, 1.807) is 6.92 Å². The van der Waals surface area contributed by atoms with Crippen molar-refractivity contribution in [3.05, 3.63) is 35.4 Å². The fraction of sp³-hybridized carbons (Fsp3) is 0.609. The average Bonchev–Trinajstić information content (AvgIpc) is 2.65. The van der Waals surface area contributed by atoms with E-state index in [4.69, 9.17) is 0 Å². The van der Waals surface area contributed by atoms with Crippen LogP contribution in [0.1, 0.15) is 50.7 Å². The van der Waals surface area contributed by atoms with Gasteiger partial charge in [0.05, 0.1) is 6.61 Å². The number of urea groups is 1. The Morgan fingerprint density at radius 3 is 2.52 bits per heavy atom. The van der Waals surface area contributed by atoms with Gasteiger partial charge < -0.3 is 20.4 Å². The zero-order valence-corrected chi connectivity index (χ0v) is 17.6. The Bertz CT molecular complexity index is 751. The standard InChI is InChI=1S/C23H33N3O3/c1-16(2)24-23(29)25-12-4-5-13-26-20(14-25)22(21(26)15-27)19-10-8-18(9-11-19)7-6-17(3)28/h8-11,16-17,20-22,27-28H,4-5,12-15H2,1-3H3,(H,24,29)/t17-,20-,21+,22-/m1/s1. The second-order valence-electron chi connectivity index (χ2n) is 8.41. The van der Waals surface area contributed by atoms with Crippen molar-refractivity contribution in [2.75, 3.05) is 26.2 Å². The van der Waals surface area contributed by atoms with Crippen LogP contribution in [0.25, 0.3) is 0 Å². The molecule has 0 aliphatic carbocycles. The zero-order valence-electron chi connectivity index (χ0n) is 17.6. The maximum atomic E-state index is 12.6. The van der Waals surface area contributed by atoms with Crippen LogP contribution in [0.3, 0.4) is 0 Å². The van der Waals surface area contributed by atoms with Gasteiger partial charge in [-0.2, -0.15) is 0 Å². The molecule has 0 spiro atoms. The lowest BCUT2D eigenvalue weighted by atomic mass is 9.74. The van der Waals surface area contributed by atoms with Crippen LogP contribution in [0.4, 0.5) is 4.79 Å². The topological polar surface area (TPSA) is 76.0 Å². The molecule has 158 valence electrons. The number of hydrogen-bond acceptors (Lipinski definition) is 4. The Labute approximate surface area is 173 Å². The Kier molecular flexibility index (Phi) is 7.18. The second kappa shape index (κ2) is 9.62. The highest BCUT2D eigenvalue weighted by atomic mass is 16.3. The maximum Gasteiger partial charge on any atom is 0.317 e. The number of benzene rings is 1. The van der Waals surface area contributed by atoms with E-state index in [-0.39, 0.29) is 36.7 Å². The molecule has 2 amide bonds. The largest absolute Gasteiger partial charge is 0.395 e. The van der Waals surface area contributed by atoms with E-state index in [0.717, 1.165) is 37.1 Å². The SMILES string of the molecule is CC(C)NC(=O)N1CCCCN2[C@H](C1)[C@@H](c1ccc(C#C[C@@H](C)O)cc1)[C@@H]2CO. The van der Waals surface area contributed by atoms with Gasteiger partial charge in [-0.25, -0.2) is 4.79 Å². The van der Waals surface area contributed by atoms with E-state index >= 15 is 0 Å². The normalized spacial score (nSPS) is 25.7. The molecule has 2 heterocycles. The number of fused-ring (bicyclic) bond motifs is 1. The van der Waals surface area contributed by atoms with Gasteiger partial charge in [0.2, 0.25) is 0 Å². The van der Waals surface area contributed by atoms with E-state index < -0.39 is 6.10 Å². The van der Waals surface area contributed by atoms with Crippen molar-refractivity contribution in [2.24, 2.45) is 0 Å². The van der Waals surface area contributed by atoms with Crippen molar-refractivity contribution in [1.82, 2.24) is 15.1 Å². The highest BCUT2D eigenvalue weighted by Crippen LogP contribution is 2.41. The van der Waals surface area contributed by atoms with Crippen LogP contribution in [-0.4, -0.2) is 76.5 Å². The summed E-state index contributed by atoms with van der Waals surface area (Å²) in [6.07, 6.45) is 1.36. The summed E-state index contributed by atoms with van der Waals surface area (Å²) in [6.45, 7) is 8.11. The van der Waals surface area contributed by atoms with Crippen LogP contribution in [0, 0.1) is 11.8 Å². The van der Waals surface area contributed by atoms with Gasteiger partial charge in [0.1, 0.15) is 6.10 Å². The lowest BCUT2D eigenvalue weighted by molar-refractivity contribution is -0.0591. The lowest BCUT2D eigenvalue weighted by Crippen LogP contribution is -2.68. The van der Waals surface area contributed by atoms with Crippen LogP contribution >= 0.6 is 0 Å². The smallest absolute Gasteiger partial charge is 0.317 e. The van der Waals surface area contributed by atoms with Gasteiger partial charge in [-0.05, 0) is 57.9 Å². The molecule has 2 aliphatic rings. The minimum absolute atomic E-state index is 0.00297. The summed E-state index contributed by atoms with van der Waals surface area (Å²) < 4.78 is 0.